The summed E-state index contributed by atoms with van der Waals surface area (Å²) in [5, 5.41) is 20.8. The molecule has 90 valence electrons. The Morgan fingerprint density at radius 1 is 1.33 bits per heavy atom. The van der Waals surface area contributed by atoms with Crippen molar-refractivity contribution in [2.75, 3.05) is 18.5 Å². The predicted octanol–water partition coefficient (Wildman–Crippen LogP) is 0.755. The van der Waals surface area contributed by atoms with Crippen molar-refractivity contribution >= 4 is 11.6 Å². The zero-order valence-corrected chi connectivity index (χ0v) is 9.97. The normalized spacial score (nSPS) is 18.5. The fourth-order valence-electron chi connectivity index (χ4n) is 2.09. The van der Waals surface area contributed by atoms with E-state index in [4.69, 9.17) is 10.5 Å². The Labute approximate surface area is 105 Å². The molecule has 1 aliphatic heterocycles. The van der Waals surface area contributed by atoms with Gasteiger partial charge < -0.3 is 10.2 Å². The number of benzene rings is 1. The third kappa shape index (κ3) is 1.92. The van der Waals surface area contributed by atoms with Crippen molar-refractivity contribution in [3.63, 3.8) is 0 Å². The number of hydrogen-bond acceptors (Lipinski definition) is 4. The fraction of sp³-hybridized carbons (Fsp3) is 0.308. The van der Waals surface area contributed by atoms with Crippen molar-refractivity contribution in [3.05, 3.63) is 29.3 Å². The van der Waals surface area contributed by atoms with E-state index in [-0.39, 0.29) is 11.9 Å². The van der Waals surface area contributed by atoms with Crippen LogP contribution in [0.4, 0.5) is 5.69 Å². The van der Waals surface area contributed by atoms with Crippen molar-refractivity contribution in [2.45, 2.75) is 12.5 Å². The molecule has 0 saturated carbocycles. The molecular formula is C13H12N4O. The first-order valence-corrected chi connectivity index (χ1v) is 5.64. The number of hydrogen-bond donors (Lipinski definition) is 1. The van der Waals surface area contributed by atoms with E-state index in [0.717, 1.165) is 6.42 Å². The Bertz CT molecular complexity index is 567. The van der Waals surface area contributed by atoms with Crippen LogP contribution in [0.25, 0.3) is 0 Å². The van der Waals surface area contributed by atoms with Gasteiger partial charge in [-0.2, -0.15) is 10.5 Å². The number of likely N-dealkylation sites (N-methyl/N-ethyl adjacent to an activating group) is 1. The number of rotatable bonds is 2. The van der Waals surface area contributed by atoms with Crippen molar-refractivity contribution in [3.8, 4) is 12.1 Å². The summed E-state index contributed by atoms with van der Waals surface area (Å²) in [5.74, 6) is 0.00565. The van der Waals surface area contributed by atoms with E-state index in [1.54, 1.807) is 30.1 Å². The minimum atomic E-state index is -0.161. The van der Waals surface area contributed by atoms with Gasteiger partial charge in [0.15, 0.2) is 0 Å². The average molecular weight is 240 g/mol. The molecule has 0 aliphatic carbocycles. The van der Waals surface area contributed by atoms with Crippen LogP contribution in [0.3, 0.4) is 0 Å². The summed E-state index contributed by atoms with van der Waals surface area (Å²) in [6.45, 7) is 0.626. The number of nitriles is 2. The number of nitrogens with zero attached hydrogens (tertiary/aromatic N) is 3. The SMILES string of the molecule is CNC1CCN(c2ccc(C#N)c(C#N)c2)C1=O. The van der Waals surface area contributed by atoms with E-state index < -0.39 is 0 Å². The lowest BCUT2D eigenvalue weighted by atomic mass is 10.1. The quantitative estimate of drug-likeness (QED) is 0.827. The van der Waals surface area contributed by atoms with Gasteiger partial charge in [0, 0.05) is 12.2 Å². The lowest BCUT2D eigenvalue weighted by Gasteiger charge is -2.17. The monoisotopic (exact) mass is 240 g/mol. The summed E-state index contributed by atoms with van der Waals surface area (Å²) in [5.41, 5.74) is 1.31. The van der Waals surface area contributed by atoms with Crippen molar-refractivity contribution in [1.82, 2.24) is 5.32 Å². The molecule has 1 amide bonds. The van der Waals surface area contributed by atoms with Crippen molar-refractivity contribution in [1.29, 1.82) is 10.5 Å². The van der Waals surface area contributed by atoms with E-state index in [1.165, 1.54) is 0 Å². The highest BCUT2D eigenvalue weighted by Gasteiger charge is 2.31. The van der Waals surface area contributed by atoms with Gasteiger partial charge in [0.05, 0.1) is 17.2 Å². The Kier molecular flexibility index (Phi) is 3.27. The zero-order chi connectivity index (χ0) is 13.1. The summed E-state index contributed by atoms with van der Waals surface area (Å²) in [6, 6.07) is 8.64. The number of carbonyl (C=O) groups is 1. The molecule has 1 atom stereocenters. The Morgan fingerprint density at radius 2 is 2.06 bits per heavy atom. The number of amides is 1. The Balaban J connectivity index is 2.34. The zero-order valence-electron chi connectivity index (χ0n) is 9.97. The molecule has 0 radical (unpaired) electrons. The van der Waals surface area contributed by atoms with E-state index in [2.05, 4.69) is 5.32 Å². The summed E-state index contributed by atoms with van der Waals surface area (Å²) in [7, 11) is 1.76. The van der Waals surface area contributed by atoms with Crippen LogP contribution in [0.15, 0.2) is 18.2 Å². The first kappa shape index (κ1) is 12.1. The molecule has 1 aromatic rings. The van der Waals surface area contributed by atoms with Gasteiger partial charge in [-0.3, -0.25) is 4.79 Å². The standard InChI is InChI=1S/C13H12N4O/c1-16-12-4-5-17(13(12)18)11-3-2-9(7-14)10(6-11)8-15/h2-3,6,12,16H,4-5H2,1H3. The molecule has 1 heterocycles. The molecule has 0 bridgehead atoms. The maximum Gasteiger partial charge on any atom is 0.244 e. The number of nitrogens with one attached hydrogen (secondary N) is 1. The molecule has 1 aliphatic rings. The largest absolute Gasteiger partial charge is 0.311 e. The maximum atomic E-state index is 12.0. The van der Waals surface area contributed by atoms with Crippen LogP contribution in [0.1, 0.15) is 17.5 Å². The van der Waals surface area contributed by atoms with E-state index in [9.17, 15) is 4.79 Å². The molecule has 0 aromatic heterocycles. The van der Waals surface area contributed by atoms with Crippen LogP contribution in [-0.2, 0) is 4.79 Å². The summed E-state index contributed by atoms with van der Waals surface area (Å²) >= 11 is 0. The molecular weight excluding hydrogens is 228 g/mol. The third-order valence-corrected chi connectivity index (χ3v) is 3.11. The molecule has 1 aromatic carbocycles. The Morgan fingerprint density at radius 3 is 2.61 bits per heavy atom. The highest BCUT2D eigenvalue weighted by atomic mass is 16.2. The second-order valence-corrected chi connectivity index (χ2v) is 4.07. The molecule has 1 saturated heterocycles. The van der Waals surface area contributed by atoms with Crippen LogP contribution in [0.5, 0.6) is 0 Å². The van der Waals surface area contributed by atoms with E-state index >= 15 is 0 Å². The van der Waals surface area contributed by atoms with Gasteiger partial charge in [0.2, 0.25) is 5.91 Å². The van der Waals surface area contributed by atoms with Gasteiger partial charge in [-0.05, 0) is 31.7 Å². The fourth-order valence-corrected chi connectivity index (χ4v) is 2.09. The Hall–Kier alpha value is -2.37. The van der Waals surface area contributed by atoms with Crippen LogP contribution < -0.4 is 10.2 Å². The van der Waals surface area contributed by atoms with Gasteiger partial charge in [-0.25, -0.2) is 0 Å². The molecule has 2 rings (SSSR count). The molecule has 5 nitrogen and oxygen atoms in total. The average Bonchev–Trinajstić information content (AvgIpc) is 2.79. The third-order valence-electron chi connectivity index (χ3n) is 3.11. The van der Waals surface area contributed by atoms with Gasteiger partial charge in [-0.15, -0.1) is 0 Å². The van der Waals surface area contributed by atoms with Gasteiger partial charge in [0.25, 0.3) is 0 Å². The summed E-state index contributed by atoms with van der Waals surface area (Å²) in [4.78, 5) is 13.6. The predicted molar refractivity (Wildman–Crippen MR) is 65.7 cm³/mol. The maximum absolute atomic E-state index is 12.0. The highest BCUT2D eigenvalue weighted by molar-refractivity contribution is 5.99. The minimum Gasteiger partial charge on any atom is -0.311 e. The van der Waals surface area contributed by atoms with Crippen molar-refractivity contribution < 1.29 is 4.79 Å². The van der Waals surface area contributed by atoms with E-state index in [1.807, 2.05) is 12.1 Å². The van der Waals surface area contributed by atoms with Gasteiger partial charge >= 0.3 is 0 Å². The number of carbonyl (C=O) groups excluding carboxylic acids is 1. The molecule has 5 heteroatoms. The minimum absolute atomic E-state index is 0.00565. The van der Waals surface area contributed by atoms with Gasteiger partial charge in [0.1, 0.15) is 12.1 Å². The van der Waals surface area contributed by atoms with Crippen LogP contribution in [0, 0.1) is 22.7 Å². The van der Waals surface area contributed by atoms with Gasteiger partial charge in [-0.1, -0.05) is 0 Å². The molecule has 0 spiro atoms. The highest BCUT2D eigenvalue weighted by Crippen LogP contribution is 2.24. The molecule has 1 fully saturated rings. The van der Waals surface area contributed by atoms with Crippen LogP contribution in [-0.4, -0.2) is 25.5 Å². The van der Waals surface area contributed by atoms with E-state index in [0.29, 0.717) is 23.4 Å². The second kappa shape index (κ2) is 4.87. The lowest BCUT2D eigenvalue weighted by molar-refractivity contribution is -0.118. The first-order valence-electron chi connectivity index (χ1n) is 5.64. The van der Waals surface area contributed by atoms with Crippen molar-refractivity contribution in [2.24, 2.45) is 0 Å². The first-order chi connectivity index (χ1) is 8.71. The second-order valence-electron chi connectivity index (χ2n) is 4.07. The summed E-state index contributed by atoms with van der Waals surface area (Å²) in [6.07, 6.45) is 0.747. The summed E-state index contributed by atoms with van der Waals surface area (Å²) < 4.78 is 0. The topological polar surface area (TPSA) is 79.9 Å². The van der Waals surface area contributed by atoms with Crippen LogP contribution >= 0.6 is 0 Å². The molecule has 1 unspecified atom stereocenters. The smallest absolute Gasteiger partial charge is 0.244 e. The molecule has 18 heavy (non-hydrogen) atoms. The molecule has 1 N–H and O–H groups in total. The number of anilines is 1. The lowest BCUT2D eigenvalue weighted by Crippen LogP contribution is -2.36. The van der Waals surface area contributed by atoms with Crippen LogP contribution in [0.2, 0.25) is 0 Å².